The van der Waals surface area contributed by atoms with E-state index in [9.17, 15) is 5.11 Å². The smallest absolute Gasteiger partial charge is 0.0586 e. The Morgan fingerprint density at radius 2 is 1.69 bits per heavy atom. The monoisotopic (exact) mass is 226 g/mol. The number of hydrogen-bond donors (Lipinski definition) is 1. The number of aliphatic hydroxyl groups is 1. The number of piperidine rings is 1. The van der Waals surface area contributed by atoms with Gasteiger partial charge in [0.2, 0.25) is 0 Å². The molecule has 2 rings (SSSR count). The van der Waals surface area contributed by atoms with Crippen LogP contribution >= 0.6 is 0 Å². The minimum Gasteiger partial charge on any atom is -0.395 e. The van der Waals surface area contributed by atoms with Crippen LogP contribution in [0.3, 0.4) is 0 Å². The Kier molecular flexibility index (Phi) is 5.07. The fourth-order valence-electron chi connectivity index (χ4n) is 3.06. The molecule has 2 aliphatic rings. The maximum Gasteiger partial charge on any atom is 0.0586 e. The van der Waals surface area contributed by atoms with Crippen LogP contribution < -0.4 is 0 Å². The Hall–Kier alpha value is -0.120. The summed E-state index contributed by atoms with van der Waals surface area (Å²) in [6.45, 7) is 6.61. The molecule has 1 unspecified atom stereocenters. The van der Waals surface area contributed by atoms with Gasteiger partial charge in [0, 0.05) is 6.04 Å². The molecule has 0 radical (unpaired) electrons. The van der Waals surface area contributed by atoms with Crippen LogP contribution in [-0.2, 0) is 0 Å². The predicted molar refractivity (Wildman–Crippen MR) is 66.6 cm³/mol. The van der Waals surface area contributed by atoms with Gasteiger partial charge in [0.15, 0.2) is 0 Å². The lowest BCUT2D eigenvalue weighted by Gasteiger charge is -2.34. The van der Waals surface area contributed by atoms with Crippen LogP contribution in [0, 0.1) is 0 Å². The molecule has 2 heterocycles. The first-order chi connectivity index (χ1) is 7.90. The first-order valence-electron chi connectivity index (χ1n) is 6.97. The van der Waals surface area contributed by atoms with Gasteiger partial charge in [0.25, 0.3) is 0 Å². The van der Waals surface area contributed by atoms with Crippen LogP contribution in [0.2, 0.25) is 0 Å². The highest BCUT2D eigenvalue weighted by Crippen LogP contribution is 2.17. The third kappa shape index (κ3) is 3.44. The minimum absolute atomic E-state index is 0.351. The minimum atomic E-state index is 0.351. The third-order valence-corrected chi connectivity index (χ3v) is 4.08. The van der Waals surface area contributed by atoms with E-state index in [0.29, 0.717) is 12.6 Å². The normalized spacial score (nSPS) is 28.7. The fourth-order valence-corrected chi connectivity index (χ4v) is 3.06. The molecule has 1 atom stereocenters. The van der Waals surface area contributed by atoms with E-state index in [4.69, 9.17) is 0 Å². The van der Waals surface area contributed by atoms with Crippen molar-refractivity contribution in [2.24, 2.45) is 0 Å². The third-order valence-electron chi connectivity index (χ3n) is 4.08. The van der Waals surface area contributed by atoms with E-state index < -0.39 is 0 Å². The van der Waals surface area contributed by atoms with E-state index in [2.05, 4.69) is 9.80 Å². The number of nitrogens with zero attached hydrogens (tertiary/aromatic N) is 2. The van der Waals surface area contributed by atoms with Crippen molar-refractivity contribution >= 4 is 0 Å². The van der Waals surface area contributed by atoms with Crippen molar-refractivity contribution < 1.29 is 5.11 Å². The molecule has 2 saturated heterocycles. The summed E-state index contributed by atoms with van der Waals surface area (Å²) < 4.78 is 0. The average Bonchev–Trinajstić information content (AvgIpc) is 2.83. The lowest BCUT2D eigenvalue weighted by atomic mass is 10.0. The molecular weight excluding hydrogens is 200 g/mol. The molecule has 0 aliphatic carbocycles. The summed E-state index contributed by atoms with van der Waals surface area (Å²) in [4.78, 5) is 5.08. The number of aliphatic hydroxyl groups excluding tert-OH is 1. The molecule has 0 aromatic rings. The van der Waals surface area contributed by atoms with Gasteiger partial charge in [-0.3, -0.25) is 4.90 Å². The molecule has 0 amide bonds. The van der Waals surface area contributed by atoms with Crippen LogP contribution in [0.1, 0.15) is 38.5 Å². The Morgan fingerprint density at radius 3 is 2.44 bits per heavy atom. The summed E-state index contributed by atoms with van der Waals surface area (Å²) in [5, 5.41) is 9.32. The van der Waals surface area contributed by atoms with Crippen LogP contribution in [0.25, 0.3) is 0 Å². The molecular formula is C13H26N2O. The van der Waals surface area contributed by atoms with Crippen molar-refractivity contribution in [3.63, 3.8) is 0 Å². The van der Waals surface area contributed by atoms with Crippen molar-refractivity contribution in [1.29, 1.82) is 0 Å². The average molecular weight is 226 g/mol. The Bertz CT molecular complexity index is 192. The van der Waals surface area contributed by atoms with Crippen molar-refractivity contribution in [1.82, 2.24) is 9.80 Å². The first kappa shape index (κ1) is 12.3. The highest BCUT2D eigenvalue weighted by molar-refractivity contribution is 4.76. The van der Waals surface area contributed by atoms with E-state index in [1.165, 1.54) is 71.2 Å². The second-order valence-electron chi connectivity index (χ2n) is 5.27. The molecule has 0 bridgehead atoms. The zero-order chi connectivity index (χ0) is 11.2. The van der Waals surface area contributed by atoms with Gasteiger partial charge in [-0.05, 0) is 64.8 Å². The number of hydrogen-bond acceptors (Lipinski definition) is 3. The molecule has 2 fully saturated rings. The van der Waals surface area contributed by atoms with Gasteiger partial charge in [-0.2, -0.15) is 0 Å². The number of rotatable bonds is 5. The second-order valence-corrected chi connectivity index (χ2v) is 5.27. The van der Waals surface area contributed by atoms with Gasteiger partial charge in [0.1, 0.15) is 0 Å². The van der Waals surface area contributed by atoms with Gasteiger partial charge in [0.05, 0.1) is 6.61 Å². The molecule has 1 N–H and O–H groups in total. The predicted octanol–water partition coefficient (Wildman–Crippen LogP) is 1.32. The lowest BCUT2D eigenvalue weighted by molar-refractivity contribution is 0.0866. The van der Waals surface area contributed by atoms with E-state index >= 15 is 0 Å². The topological polar surface area (TPSA) is 26.7 Å². The molecule has 3 nitrogen and oxygen atoms in total. The summed E-state index contributed by atoms with van der Waals surface area (Å²) in [5.74, 6) is 0. The summed E-state index contributed by atoms with van der Waals surface area (Å²) in [7, 11) is 0. The van der Waals surface area contributed by atoms with E-state index in [1.54, 1.807) is 0 Å². The fraction of sp³-hybridized carbons (Fsp3) is 1.00. The highest BCUT2D eigenvalue weighted by Gasteiger charge is 2.21. The second kappa shape index (κ2) is 6.58. The molecule has 2 aliphatic heterocycles. The Labute approximate surface area is 99.4 Å². The zero-order valence-corrected chi connectivity index (χ0v) is 10.4. The van der Waals surface area contributed by atoms with Crippen LogP contribution in [0.5, 0.6) is 0 Å². The maximum atomic E-state index is 9.32. The quantitative estimate of drug-likeness (QED) is 0.766. The highest BCUT2D eigenvalue weighted by atomic mass is 16.3. The van der Waals surface area contributed by atoms with E-state index in [0.717, 1.165) is 0 Å². The molecule has 94 valence electrons. The molecule has 3 heteroatoms. The first-order valence-corrected chi connectivity index (χ1v) is 6.97. The summed E-state index contributed by atoms with van der Waals surface area (Å²) in [6, 6.07) is 0.451. The molecule has 0 spiro atoms. The van der Waals surface area contributed by atoms with Gasteiger partial charge in [-0.1, -0.05) is 6.42 Å². The van der Waals surface area contributed by atoms with E-state index in [-0.39, 0.29) is 0 Å². The molecule has 0 aromatic heterocycles. The van der Waals surface area contributed by atoms with Gasteiger partial charge < -0.3 is 10.0 Å². The van der Waals surface area contributed by atoms with Gasteiger partial charge >= 0.3 is 0 Å². The van der Waals surface area contributed by atoms with Crippen LogP contribution in [0.4, 0.5) is 0 Å². The molecule has 0 saturated carbocycles. The van der Waals surface area contributed by atoms with E-state index in [1.807, 2.05) is 0 Å². The number of likely N-dealkylation sites (tertiary alicyclic amines) is 2. The van der Waals surface area contributed by atoms with Crippen molar-refractivity contribution in [2.45, 2.75) is 44.6 Å². The zero-order valence-electron chi connectivity index (χ0n) is 10.4. The SMILES string of the molecule is OCC1CCCCN1CCCN1CCCC1. The maximum absolute atomic E-state index is 9.32. The Balaban J connectivity index is 1.63. The molecule has 16 heavy (non-hydrogen) atoms. The molecule has 0 aromatic carbocycles. The summed E-state index contributed by atoms with van der Waals surface area (Å²) in [6.07, 6.45) is 7.87. The van der Waals surface area contributed by atoms with Crippen molar-refractivity contribution in [3.05, 3.63) is 0 Å². The largest absolute Gasteiger partial charge is 0.395 e. The summed E-state index contributed by atoms with van der Waals surface area (Å²) >= 11 is 0. The van der Waals surface area contributed by atoms with Crippen LogP contribution in [-0.4, -0.2) is 60.3 Å². The standard InChI is InChI=1S/C13H26N2O/c16-12-13-6-1-2-10-15(13)11-5-9-14-7-3-4-8-14/h13,16H,1-12H2. The summed E-state index contributed by atoms with van der Waals surface area (Å²) in [5.41, 5.74) is 0. The van der Waals surface area contributed by atoms with Gasteiger partial charge in [-0.15, -0.1) is 0 Å². The van der Waals surface area contributed by atoms with Gasteiger partial charge in [-0.25, -0.2) is 0 Å². The van der Waals surface area contributed by atoms with Crippen molar-refractivity contribution in [3.8, 4) is 0 Å². The van der Waals surface area contributed by atoms with Crippen molar-refractivity contribution in [2.75, 3.05) is 39.3 Å². The lowest BCUT2D eigenvalue weighted by Crippen LogP contribution is -2.43. The Morgan fingerprint density at radius 1 is 0.938 bits per heavy atom. The van der Waals surface area contributed by atoms with Crippen LogP contribution in [0.15, 0.2) is 0 Å².